The second kappa shape index (κ2) is 11.9. The number of nitrogens with zero attached hydrogens (tertiary/aromatic N) is 3. The molecule has 1 heterocycles. The zero-order valence-electron chi connectivity index (χ0n) is 20.6. The molecular weight excluding hydrogens is 418 g/mol. The Kier molecular flexibility index (Phi) is 8.95. The number of amides is 1. The number of aryl methyl sites for hydroxylation is 2. The van der Waals surface area contributed by atoms with Gasteiger partial charge in [0.1, 0.15) is 12.4 Å². The molecule has 1 aliphatic carbocycles. The third kappa shape index (κ3) is 6.84. The number of benzene rings is 1. The molecule has 1 amide bonds. The van der Waals surface area contributed by atoms with Crippen molar-refractivity contribution in [2.75, 3.05) is 34.3 Å². The molecule has 7 nitrogen and oxygen atoms in total. The molecule has 0 N–H and O–H groups in total. The smallest absolute Gasteiger partial charge is 0.246 e. The van der Waals surface area contributed by atoms with E-state index in [4.69, 9.17) is 14.0 Å². The van der Waals surface area contributed by atoms with Crippen LogP contribution in [0.15, 0.2) is 28.8 Å². The molecule has 2 aromatic rings. The highest BCUT2D eigenvalue weighted by atomic mass is 16.5. The van der Waals surface area contributed by atoms with Crippen LogP contribution < -0.4 is 9.47 Å². The largest absolute Gasteiger partial charge is 0.493 e. The summed E-state index contributed by atoms with van der Waals surface area (Å²) >= 11 is 0. The van der Waals surface area contributed by atoms with Crippen LogP contribution >= 0.6 is 0 Å². The molecule has 0 radical (unpaired) electrons. The molecule has 0 saturated heterocycles. The zero-order chi connectivity index (χ0) is 23.8. The van der Waals surface area contributed by atoms with E-state index < -0.39 is 0 Å². The van der Waals surface area contributed by atoms with Gasteiger partial charge in [0, 0.05) is 32.3 Å². The maximum Gasteiger partial charge on any atom is 0.246 e. The number of hydrogen-bond acceptors (Lipinski definition) is 6. The molecule has 1 aromatic carbocycles. The molecule has 0 unspecified atom stereocenters. The third-order valence-electron chi connectivity index (χ3n) is 6.52. The second-order valence-electron chi connectivity index (χ2n) is 8.87. The molecule has 0 aliphatic heterocycles. The summed E-state index contributed by atoms with van der Waals surface area (Å²) in [5.74, 6) is 1.98. The first-order valence-electron chi connectivity index (χ1n) is 11.7. The van der Waals surface area contributed by atoms with E-state index in [2.05, 4.69) is 17.1 Å². The van der Waals surface area contributed by atoms with Gasteiger partial charge in [0.15, 0.2) is 11.5 Å². The van der Waals surface area contributed by atoms with Crippen molar-refractivity contribution in [3.05, 3.63) is 46.9 Å². The van der Waals surface area contributed by atoms with Crippen molar-refractivity contribution < 1.29 is 18.8 Å². The van der Waals surface area contributed by atoms with Gasteiger partial charge in [-0.3, -0.25) is 4.79 Å². The van der Waals surface area contributed by atoms with Gasteiger partial charge in [0.25, 0.3) is 0 Å². The predicted octanol–water partition coefficient (Wildman–Crippen LogP) is 4.62. The maximum atomic E-state index is 12.6. The summed E-state index contributed by atoms with van der Waals surface area (Å²) in [7, 11) is 5.63. The van der Waals surface area contributed by atoms with Crippen molar-refractivity contribution in [2.45, 2.75) is 58.6 Å². The molecule has 7 heteroatoms. The molecule has 1 saturated carbocycles. The SMILES string of the molecule is COc1cc(/C=C/C(=O)N(C)CCN(C)C2CCCCC2)ccc1OCc1c(C)noc1C. The van der Waals surface area contributed by atoms with Crippen LogP contribution in [0.5, 0.6) is 11.5 Å². The highest BCUT2D eigenvalue weighted by Gasteiger charge is 2.18. The first-order chi connectivity index (χ1) is 15.9. The summed E-state index contributed by atoms with van der Waals surface area (Å²) < 4.78 is 16.6. The van der Waals surface area contributed by atoms with Crippen molar-refractivity contribution >= 4 is 12.0 Å². The number of hydrogen-bond donors (Lipinski definition) is 0. The van der Waals surface area contributed by atoms with Crippen LogP contribution in [0.3, 0.4) is 0 Å². The first kappa shape index (κ1) is 24.8. The average Bonchev–Trinajstić information content (AvgIpc) is 3.16. The summed E-state index contributed by atoms with van der Waals surface area (Å²) in [5, 5.41) is 3.95. The fraction of sp³-hybridized carbons (Fsp3) is 0.538. The van der Waals surface area contributed by atoms with E-state index >= 15 is 0 Å². The fourth-order valence-electron chi connectivity index (χ4n) is 4.18. The van der Waals surface area contributed by atoms with Crippen molar-refractivity contribution in [3.8, 4) is 11.5 Å². The lowest BCUT2D eigenvalue weighted by molar-refractivity contribution is -0.124. The molecule has 33 heavy (non-hydrogen) atoms. The Balaban J connectivity index is 1.53. The molecular formula is C26H37N3O4. The van der Waals surface area contributed by atoms with E-state index in [0.29, 0.717) is 30.7 Å². The summed E-state index contributed by atoms with van der Waals surface area (Å²) in [5.41, 5.74) is 2.62. The number of rotatable bonds is 10. The second-order valence-corrected chi connectivity index (χ2v) is 8.87. The predicted molar refractivity (Wildman–Crippen MR) is 129 cm³/mol. The normalized spacial score (nSPS) is 14.7. The topological polar surface area (TPSA) is 68.0 Å². The van der Waals surface area contributed by atoms with E-state index in [1.165, 1.54) is 32.1 Å². The highest BCUT2D eigenvalue weighted by molar-refractivity contribution is 5.91. The number of carbonyl (C=O) groups excluding carboxylic acids is 1. The number of ether oxygens (including phenoxy) is 2. The highest BCUT2D eigenvalue weighted by Crippen LogP contribution is 2.30. The monoisotopic (exact) mass is 455 g/mol. The standard InChI is InChI=1S/C26H37N3O4/c1-19-23(20(2)33-27-19)18-32-24-13-11-21(17-25(24)31-5)12-14-26(30)29(4)16-15-28(3)22-9-7-6-8-10-22/h11-14,17,22H,6-10,15-16,18H2,1-5H3/b14-12+. The van der Waals surface area contributed by atoms with Gasteiger partial charge in [-0.25, -0.2) is 0 Å². The van der Waals surface area contributed by atoms with Crippen molar-refractivity contribution in [3.63, 3.8) is 0 Å². The Hall–Kier alpha value is -2.80. The molecule has 3 rings (SSSR count). The Bertz CT molecular complexity index is 928. The Morgan fingerprint density at radius 3 is 2.58 bits per heavy atom. The summed E-state index contributed by atoms with van der Waals surface area (Å²) in [4.78, 5) is 16.7. The van der Waals surface area contributed by atoms with E-state index in [1.807, 2.05) is 45.2 Å². The number of carbonyl (C=O) groups is 1. The van der Waals surface area contributed by atoms with Crippen LogP contribution in [0, 0.1) is 13.8 Å². The fourth-order valence-corrected chi connectivity index (χ4v) is 4.18. The van der Waals surface area contributed by atoms with Crippen LogP contribution in [0.4, 0.5) is 0 Å². The van der Waals surface area contributed by atoms with Gasteiger partial charge in [-0.15, -0.1) is 0 Å². The molecule has 0 bridgehead atoms. The minimum Gasteiger partial charge on any atom is -0.493 e. The van der Waals surface area contributed by atoms with Gasteiger partial charge in [0.2, 0.25) is 5.91 Å². The van der Waals surface area contributed by atoms with E-state index in [-0.39, 0.29) is 5.91 Å². The van der Waals surface area contributed by atoms with Crippen molar-refractivity contribution in [1.29, 1.82) is 0 Å². The Labute approximate surface area is 197 Å². The van der Waals surface area contributed by atoms with E-state index in [9.17, 15) is 4.79 Å². The molecule has 1 aromatic heterocycles. The number of methoxy groups -OCH3 is 1. The quantitative estimate of drug-likeness (QED) is 0.487. The zero-order valence-corrected chi connectivity index (χ0v) is 20.6. The lowest BCUT2D eigenvalue weighted by Crippen LogP contribution is -2.39. The van der Waals surface area contributed by atoms with E-state index in [0.717, 1.165) is 29.1 Å². The molecule has 1 fully saturated rings. The third-order valence-corrected chi connectivity index (χ3v) is 6.52. The van der Waals surface area contributed by atoms with Crippen LogP contribution in [0.1, 0.15) is 54.7 Å². The van der Waals surface area contributed by atoms with Crippen molar-refractivity contribution in [1.82, 2.24) is 15.0 Å². The van der Waals surface area contributed by atoms with Crippen LogP contribution in [0.2, 0.25) is 0 Å². The summed E-state index contributed by atoms with van der Waals surface area (Å²) in [6, 6.07) is 6.28. The Morgan fingerprint density at radius 1 is 1.15 bits per heavy atom. The maximum absolute atomic E-state index is 12.6. The molecule has 0 atom stereocenters. The number of likely N-dealkylation sites (N-methyl/N-ethyl adjacent to an activating group) is 2. The van der Waals surface area contributed by atoms with Gasteiger partial charge in [-0.05, 0) is 57.5 Å². The van der Waals surface area contributed by atoms with Gasteiger partial charge in [0.05, 0.1) is 18.4 Å². The van der Waals surface area contributed by atoms with Crippen LogP contribution in [0.25, 0.3) is 6.08 Å². The lowest BCUT2D eigenvalue weighted by Gasteiger charge is -2.32. The molecule has 180 valence electrons. The Morgan fingerprint density at radius 2 is 1.91 bits per heavy atom. The number of aromatic nitrogens is 1. The van der Waals surface area contributed by atoms with Gasteiger partial charge >= 0.3 is 0 Å². The minimum atomic E-state index is -0.00949. The summed E-state index contributed by atoms with van der Waals surface area (Å²) in [6.45, 7) is 5.72. The van der Waals surface area contributed by atoms with Crippen LogP contribution in [-0.2, 0) is 11.4 Å². The van der Waals surface area contributed by atoms with Crippen LogP contribution in [-0.4, -0.2) is 61.2 Å². The first-order valence-corrected chi connectivity index (χ1v) is 11.7. The molecule has 1 aliphatic rings. The van der Waals surface area contributed by atoms with Gasteiger partial charge in [-0.2, -0.15) is 0 Å². The van der Waals surface area contributed by atoms with Crippen molar-refractivity contribution in [2.24, 2.45) is 0 Å². The molecule has 0 spiro atoms. The lowest BCUT2D eigenvalue weighted by atomic mass is 9.94. The van der Waals surface area contributed by atoms with E-state index in [1.54, 1.807) is 18.1 Å². The summed E-state index contributed by atoms with van der Waals surface area (Å²) in [6.07, 6.45) is 9.96. The van der Waals surface area contributed by atoms with Gasteiger partial charge < -0.3 is 23.8 Å². The minimum absolute atomic E-state index is 0.00949. The average molecular weight is 456 g/mol. The van der Waals surface area contributed by atoms with Gasteiger partial charge in [-0.1, -0.05) is 30.5 Å².